The summed E-state index contributed by atoms with van der Waals surface area (Å²) in [6.45, 7) is 1.42. The number of rotatable bonds is 4. The number of nitrogens with one attached hydrogen (secondary N) is 1. The topological polar surface area (TPSA) is 129 Å². The molecule has 33 heavy (non-hydrogen) atoms. The first kappa shape index (κ1) is 24.0. The third-order valence-electron chi connectivity index (χ3n) is 5.25. The summed E-state index contributed by atoms with van der Waals surface area (Å²) in [4.78, 5) is 24.9. The fourth-order valence-electron chi connectivity index (χ4n) is 3.46. The minimum absolute atomic E-state index is 0.159. The third-order valence-corrected chi connectivity index (χ3v) is 6.63. The number of ether oxygens (including phenoxy) is 1. The summed E-state index contributed by atoms with van der Waals surface area (Å²) in [7, 11) is 12.7. The van der Waals surface area contributed by atoms with Crippen LogP contribution in [0.4, 0.5) is 8.78 Å². The van der Waals surface area contributed by atoms with E-state index in [1.165, 1.54) is 0 Å². The highest BCUT2D eigenvalue weighted by atomic mass is 31.2. The Morgan fingerprint density at radius 1 is 1.39 bits per heavy atom. The molecule has 6 radical (unpaired) electrons. The van der Waals surface area contributed by atoms with E-state index in [-0.39, 0.29) is 16.9 Å². The summed E-state index contributed by atoms with van der Waals surface area (Å²) in [6.07, 6.45) is -2.86. The van der Waals surface area contributed by atoms with Gasteiger partial charge in [0.05, 0.1) is 24.3 Å². The number of aliphatic hydroxyl groups excluding tert-OH is 1. The number of aromatic amines is 1. The van der Waals surface area contributed by atoms with Gasteiger partial charge in [0, 0.05) is 12.0 Å². The van der Waals surface area contributed by atoms with Gasteiger partial charge >= 0.3 is 13.5 Å². The van der Waals surface area contributed by atoms with Gasteiger partial charge in [-0.25, -0.2) is 13.8 Å². The molecule has 4 atom stereocenters. The van der Waals surface area contributed by atoms with E-state index in [1.807, 2.05) is 0 Å². The molecule has 2 aliphatic heterocycles. The van der Waals surface area contributed by atoms with E-state index >= 15 is 4.39 Å². The lowest BCUT2D eigenvalue weighted by Gasteiger charge is -2.41. The summed E-state index contributed by atoms with van der Waals surface area (Å²) < 4.78 is 63.1. The molecule has 1 aromatic heterocycles. The Kier molecular flexibility index (Phi) is 5.57. The number of fused-ring (bicyclic) bond motifs is 1. The number of alkyl halides is 1. The van der Waals surface area contributed by atoms with E-state index in [9.17, 15) is 23.7 Å². The fourth-order valence-corrected chi connectivity index (χ4v) is 4.89. The zero-order valence-electron chi connectivity index (χ0n) is 17.0. The third kappa shape index (κ3) is 3.91. The van der Waals surface area contributed by atoms with Crippen LogP contribution in [0, 0.1) is 12.7 Å². The summed E-state index contributed by atoms with van der Waals surface area (Å²) in [6, 6.07) is 5.01. The number of aryl methyl sites for hydroxylation is 1. The Bertz CT molecular complexity index is 1290. The minimum atomic E-state index is -4.62. The van der Waals surface area contributed by atoms with Gasteiger partial charge in [0.1, 0.15) is 34.9 Å². The Balaban J connectivity index is 1.64. The summed E-state index contributed by atoms with van der Waals surface area (Å²) in [5, 5.41) is 7.24. The maximum atomic E-state index is 15.8. The number of phosphoric ester groups is 1. The first-order valence-corrected chi connectivity index (χ1v) is 10.8. The van der Waals surface area contributed by atoms with Crippen LogP contribution in [0.1, 0.15) is 17.5 Å². The zero-order chi connectivity index (χ0) is 24.4. The van der Waals surface area contributed by atoms with Crippen LogP contribution in [-0.4, -0.2) is 55.6 Å². The maximum absolute atomic E-state index is 15.8. The van der Waals surface area contributed by atoms with Crippen LogP contribution in [0.3, 0.4) is 0 Å². The highest BCUT2D eigenvalue weighted by Gasteiger charge is 2.63. The second kappa shape index (κ2) is 7.67. The van der Waals surface area contributed by atoms with Gasteiger partial charge in [-0.15, -0.1) is 0 Å². The van der Waals surface area contributed by atoms with Crippen LogP contribution in [0.5, 0.6) is 5.75 Å². The van der Waals surface area contributed by atoms with Gasteiger partial charge in [0.15, 0.2) is 0 Å². The minimum Gasteiger partial charge on any atom is -0.403 e. The van der Waals surface area contributed by atoms with Crippen molar-refractivity contribution in [2.75, 3.05) is 0 Å². The molecule has 4 rings (SSSR count). The van der Waals surface area contributed by atoms with Crippen LogP contribution >= 0.6 is 7.82 Å². The van der Waals surface area contributed by atoms with Crippen molar-refractivity contribution in [3.05, 3.63) is 62.2 Å². The normalized spacial score (nSPS) is 31.7. The molecule has 0 bridgehead atoms. The Hall–Kier alpha value is -2.18. The van der Waals surface area contributed by atoms with Crippen molar-refractivity contribution in [2.24, 2.45) is 0 Å². The molecular weight excluding hydrogens is 462 g/mol. The quantitative estimate of drug-likeness (QED) is 0.465. The second-order valence-corrected chi connectivity index (χ2v) is 9.19. The van der Waals surface area contributed by atoms with E-state index < -0.39 is 54.3 Å². The highest BCUT2D eigenvalue weighted by Crippen LogP contribution is 2.59. The number of aliphatic hydroxyl groups is 1. The predicted molar refractivity (Wildman–Crippen MR) is 110 cm³/mol. The van der Waals surface area contributed by atoms with Crippen molar-refractivity contribution < 1.29 is 36.8 Å². The maximum Gasteiger partial charge on any atom is 0.529 e. The van der Waals surface area contributed by atoms with E-state index in [2.05, 4.69) is 0 Å². The smallest absolute Gasteiger partial charge is 0.403 e. The van der Waals surface area contributed by atoms with E-state index in [0.717, 1.165) is 0 Å². The molecule has 0 aliphatic carbocycles. The largest absolute Gasteiger partial charge is 0.529 e. The summed E-state index contributed by atoms with van der Waals surface area (Å²) in [5.74, 6) is -4.72. The number of nitrogens with zero attached hydrogens (tertiary/aromatic N) is 1. The monoisotopic (exact) mass is 476 g/mol. The lowest BCUT2D eigenvalue weighted by atomic mass is 9.60. The van der Waals surface area contributed by atoms with Crippen molar-refractivity contribution in [1.82, 2.24) is 9.55 Å². The first-order valence-electron chi connectivity index (χ1n) is 9.39. The van der Waals surface area contributed by atoms with Crippen molar-refractivity contribution in [3.63, 3.8) is 0 Å². The van der Waals surface area contributed by atoms with Gasteiger partial charge in [0.2, 0.25) is 11.7 Å². The van der Waals surface area contributed by atoms with Gasteiger partial charge in [0.25, 0.3) is 5.56 Å². The van der Waals surface area contributed by atoms with Crippen LogP contribution < -0.4 is 15.8 Å². The average molecular weight is 476 g/mol. The molecule has 0 saturated carbocycles. The number of hydrogen-bond donors (Lipinski definition) is 2. The van der Waals surface area contributed by atoms with Gasteiger partial charge < -0.3 is 14.4 Å². The molecule has 16 heteroatoms. The molecule has 1 fully saturated rings. The number of para-hydroxylation sites is 1. The molecule has 1 saturated heterocycles. The van der Waals surface area contributed by atoms with Crippen LogP contribution in [0.25, 0.3) is 0 Å². The van der Waals surface area contributed by atoms with E-state index in [4.69, 9.17) is 41.8 Å². The molecule has 3 heterocycles. The van der Waals surface area contributed by atoms with Gasteiger partial charge in [-0.3, -0.25) is 23.4 Å². The fraction of sp³-hybridized carbons (Fsp3) is 0.412. The molecule has 2 N–H and O–H groups in total. The zero-order valence-corrected chi connectivity index (χ0v) is 17.9. The number of benzene rings is 1. The molecule has 168 valence electrons. The summed E-state index contributed by atoms with van der Waals surface area (Å²) >= 11 is 0. The second-order valence-electron chi connectivity index (χ2n) is 7.67. The Morgan fingerprint density at radius 2 is 2.09 bits per heavy atom. The summed E-state index contributed by atoms with van der Waals surface area (Å²) in [5.41, 5.74) is -4.38. The number of hydrogen-bond acceptors (Lipinski definition) is 8. The lowest BCUT2D eigenvalue weighted by Crippen LogP contribution is -2.56. The van der Waals surface area contributed by atoms with Crippen molar-refractivity contribution in [2.45, 2.75) is 42.9 Å². The predicted octanol–water partition coefficient (Wildman–Crippen LogP) is -0.0654. The van der Waals surface area contributed by atoms with Crippen molar-refractivity contribution in [1.29, 1.82) is 0 Å². The van der Waals surface area contributed by atoms with Crippen LogP contribution in [0.2, 0.25) is 0 Å². The number of aromatic nitrogens is 2. The molecule has 0 amide bonds. The molecule has 2 aliphatic rings. The van der Waals surface area contributed by atoms with Gasteiger partial charge in [-0.05, 0) is 12.5 Å². The number of H-pyrrole nitrogens is 1. The standard InChI is InChI=1S/C17H14B3F2N2O8P/c1-8-3-2-4-9-7-29-33(28,30-12(8)9)32-17(19,20)15(22)5-11(25)16(18,31-15)24-6-10(21)13(26)23-14(24)27/h2-4,6,11,25H,5,7H2,1H3,(H,23,26,27)/t11-,15+,16+,33?/m1/s1. The molecular formula is C17H14B3F2N2O8P. The molecule has 1 aromatic carbocycles. The van der Waals surface area contributed by atoms with Gasteiger partial charge in [-0.1, -0.05) is 18.2 Å². The average Bonchev–Trinajstić information content (AvgIpc) is 2.95. The van der Waals surface area contributed by atoms with Crippen molar-refractivity contribution >= 4 is 31.4 Å². The molecule has 1 unspecified atom stereocenters. The first-order chi connectivity index (χ1) is 15.2. The Morgan fingerprint density at radius 3 is 2.79 bits per heavy atom. The molecule has 10 nitrogen and oxygen atoms in total. The molecule has 2 aromatic rings. The van der Waals surface area contributed by atoms with Crippen LogP contribution in [0.15, 0.2) is 34.0 Å². The van der Waals surface area contributed by atoms with Crippen LogP contribution in [-0.2, 0) is 30.6 Å². The van der Waals surface area contributed by atoms with Gasteiger partial charge in [-0.2, -0.15) is 4.39 Å². The Labute approximate surface area is 189 Å². The number of halogens is 2. The molecule has 0 spiro atoms. The van der Waals surface area contributed by atoms with Crippen molar-refractivity contribution in [3.8, 4) is 5.75 Å². The lowest BCUT2D eigenvalue weighted by molar-refractivity contribution is -0.219. The van der Waals surface area contributed by atoms with E-state index in [0.29, 0.717) is 17.3 Å². The number of phosphoric acid groups is 1. The van der Waals surface area contributed by atoms with E-state index in [1.54, 1.807) is 30.1 Å². The highest BCUT2D eigenvalue weighted by molar-refractivity contribution is 7.49. The SMILES string of the molecule is [B]C([B])(OP1(=O)OCc2cccc(C)c2O1)[C@]1(F)C[C@@H](O)[C@]([B])(n2cc(F)c(=O)[nH]c2=O)O1.